The number of hydrogen-bond donors (Lipinski definition) is 1. The van der Waals surface area contributed by atoms with E-state index < -0.39 is 29.2 Å². The monoisotopic (exact) mass is 396 g/mol. The molecule has 0 atom stereocenters. The minimum absolute atomic E-state index is 0.0138. The van der Waals surface area contributed by atoms with Gasteiger partial charge >= 0.3 is 0 Å². The van der Waals surface area contributed by atoms with Gasteiger partial charge in [-0.2, -0.15) is 0 Å². The van der Waals surface area contributed by atoms with E-state index in [1.807, 2.05) is 0 Å². The number of nitro benzene ring substituents is 1. The first kappa shape index (κ1) is 19.7. The van der Waals surface area contributed by atoms with E-state index in [4.69, 9.17) is 0 Å². The van der Waals surface area contributed by atoms with Crippen molar-refractivity contribution in [2.45, 2.75) is 0 Å². The summed E-state index contributed by atoms with van der Waals surface area (Å²) in [5.41, 5.74) is 0.416. The summed E-state index contributed by atoms with van der Waals surface area (Å²) in [6.07, 6.45) is 0. The van der Waals surface area contributed by atoms with Crippen molar-refractivity contribution >= 4 is 35.0 Å². The Morgan fingerprint density at radius 1 is 1.03 bits per heavy atom. The summed E-state index contributed by atoms with van der Waals surface area (Å²) in [6.45, 7) is -0.543. The van der Waals surface area contributed by atoms with E-state index in [9.17, 15) is 29.3 Å². The van der Waals surface area contributed by atoms with E-state index in [0.717, 1.165) is 17.0 Å². The lowest BCUT2D eigenvalue weighted by Gasteiger charge is -2.14. The molecule has 0 spiro atoms. The highest BCUT2D eigenvalue weighted by molar-refractivity contribution is 6.23. The number of hydrogen-bond acceptors (Lipinski definition) is 6. The summed E-state index contributed by atoms with van der Waals surface area (Å²) in [5.74, 6) is -2.28. The molecule has 0 aliphatic carbocycles. The Morgan fingerprint density at radius 3 is 2.24 bits per heavy atom. The number of nitrogens with one attached hydrogen (secondary N) is 1. The van der Waals surface area contributed by atoms with Crippen LogP contribution in [0.2, 0.25) is 0 Å². The molecule has 10 nitrogen and oxygen atoms in total. The summed E-state index contributed by atoms with van der Waals surface area (Å²) in [4.78, 5) is 61.3. The molecular weight excluding hydrogens is 380 g/mol. The van der Waals surface area contributed by atoms with Crippen LogP contribution in [0.1, 0.15) is 31.1 Å². The number of amides is 4. The van der Waals surface area contributed by atoms with Crippen LogP contribution < -0.4 is 5.32 Å². The van der Waals surface area contributed by atoms with Gasteiger partial charge < -0.3 is 10.2 Å². The Balaban J connectivity index is 1.69. The lowest BCUT2D eigenvalue weighted by Crippen LogP contribution is -2.37. The third-order valence-corrected chi connectivity index (χ3v) is 4.29. The van der Waals surface area contributed by atoms with Crippen molar-refractivity contribution in [3.8, 4) is 0 Å². The lowest BCUT2D eigenvalue weighted by molar-refractivity contribution is -0.384. The largest absolute Gasteiger partial charge is 0.345 e. The topological polar surface area (TPSA) is 130 Å². The van der Waals surface area contributed by atoms with Crippen LogP contribution in [0.5, 0.6) is 0 Å². The second kappa shape index (κ2) is 7.50. The molecule has 1 heterocycles. The number of non-ortho nitro benzene ring substituents is 1. The first-order chi connectivity index (χ1) is 13.7. The first-order valence-electron chi connectivity index (χ1n) is 8.45. The van der Waals surface area contributed by atoms with Crippen molar-refractivity contribution in [1.82, 2.24) is 9.80 Å². The molecule has 0 bridgehead atoms. The minimum Gasteiger partial charge on any atom is -0.345 e. The van der Waals surface area contributed by atoms with Gasteiger partial charge in [-0.3, -0.25) is 34.2 Å². The van der Waals surface area contributed by atoms with E-state index in [0.29, 0.717) is 11.3 Å². The summed E-state index contributed by atoms with van der Waals surface area (Å²) in [6, 6.07) is 9.49. The van der Waals surface area contributed by atoms with Gasteiger partial charge in [0.1, 0.15) is 6.54 Å². The Hall–Kier alpha value is -4.08. The fourth-order valence-corrected chi connectivity index (χ4v) is 2.83. The fraction of sp³-hybridized carbons (Fsp3) is 0.158. The van der Waals surface area contributed by atoms with E-state index in [1.54, 1.807) is 26.2 Å². The number of imide groups is 1. The zero-order chi connectivity index (χ0) is 21.3. The number of carbonyl (C=O) groups is 4. The quantitative estimate of drug-likeness (QED) is 0.463. The zero-order valence-electron chi connectivity index (χ0n) is 15.5. The van der Waals surface area contributed by atoms with Crippen LogP contribution in [0.4, 0.5) is 11.4 Å². The predicted molar refractivity (Wildman–Crippen MR) is 102 cm³/mol. The normalized spacial score (nSPS) is 12.6. The number of benzene rings is 2. The molecule has 0 aromatic heterocycles. The molecule has 0 unspecified atom stereocenters. The van der Waals surface area contributed by atoms with Gasteiger partial charge in [0.05, 0.1) is 16.1 Å². The van der Waals surface area contributed by atoms with Crippen molar-refractivity contribution < 1.29 is 24.1 Å². The van der Waals surface area contributed by atoms with E-state index in [2.05, 4.69) is 5.32 Å². The molecule has 1 N–H and O–H groups in total. The van der Waals surface area contributed by atoms with Crippen LogP contribution in [0.3, 0.4) is 0 Å². The molecular formula is C19H16N4O6. The SMILES string of the molecule is CN(C)C(=O)c1ccc(NC(=O)CN2C(=O)c3ccc([N+](=O)[O-])cc3C2=O)cc1. The number of fused-ring (bicyclic) bond motifs is 1. The van der Waals surface area contributed by atoms with Gasteiger partial charge in [0, 0.05) is 37.5 Å². The molecule has 0 saturated heterocycles. The van der Waals surface area contributed by atoms with E-state index >= 15 is 0 Å². The van der Waals surface area contributed by atoms with Gasteiger partial charge in [-0.15, -0.1) is 0 Å². The highest BCUT2D eigenvalue weighted by Crippen LogP contribution is 2.26. The molecule has 29 heavy (non-hydrogen) atoms. The van der Waals surface area contributed by atoms with Gasteiger partial charge in [0.25, 0.3) is 23.4 Å². The maximum absolute atomic E-state index is 12.4. The van der Waals surface area contributed by atoms with Crippen LogP contribution in [-0.2, 0) is 4.79 Å². The summed E-state index contributed by atoms with van der Waals surface area (Å²) >= 11 is 0. The van der Waals surface area contributed by atoms with Gasteiger partial charge in [-0.25, -0.2) is 0 Å². The van der Waals surface area contributed by atoms with Crippen LogP contribution in [0, 0.1) is 10.1 Å². The highest BCUT2D eigenvalue weighted by Gasteiger charge is 2.37. The van der Waals surface area contributed by atoms with Gasteiger partial charge in [0.15, 0.2) is 0 Å². The number of nitrogens with zero attached hydrogens (tertiary/aromatic N) is 3. The Morgan fingerprint density at radius 2 is 1.66 bits per heavy atom. The van der Waals surface area contributed by atoms with Crippen molar-refractivity contribution in [3.63, 3.8) is 0 Å². The zero-order valence-corrected chi connectivity index (χ0v) is 15.5. The third kappa shape index (κ3) is 3.81. The van der Waals surface area contributed by atoms with Crippen molar-refractivity contribution in [1.29, 1.82) is 0 Å². The second-order valence-electron chi connectivity index (χ2n) is 6.51. The van der Waals surface area contributed by atoms with Crippen LogP contribution in [0.25, 0.3) is 0 Å². The van der Waals surface area contributed by atoms with Gasteiger partial charge in [0.2, 0.25) is 5.91 Å². The standard InChI is InChI=1S/C19H16N4O6/c1-21(2)17(25)11-3-5-12(6-4-11)20-16(24)10-22-18(26)14-8-7-13(23(28)29)9-15(14)19(22)27/h3-9H,10H2,1-2H3,(H,20,24). The Kier molecular flexibility index (Phi) is 5.09. The summed E-state index contributed by atoms with van der Waals surface area (Å²) < 4.78 is 0. The van der Waals surface area contributed by atoms with Crippen LogP contribution in [0.15, 0.2) is 42.5 Å². The third-order valence-electron chi connectivity index (χ3n) is 4.29. The maximum atomic E-state index is 12.4. The molecule has 148 valence electrons. The molecule has 3 rings (SSSR count). The predicted octanol–water partition coefficient (Wildman–Crippen LogP) is 1.53. The molecule has 0 saturated carbocycles. The van der Waals surface area contributed by atoms with Crippen LogP contribution in [-0.4, -0.2) is 59.0 Å². The average Bonchev–Trinajstić information content (AvgIpc) is 2.92. The highest BCUT2D eigenvalue weighted by atomic mass is 16.6. The first-order valence-corrected chi connectivity index (χ1v) is 8.45. The lowest BCUT2D eigenvalue weighted by atomic mass is 10.1. The fourth-order valence-electron chi connectivity index (χ4n) is 2.83. The number of rotatable bonds is 5. The van der Waals surface area contributed by atoms with Crippen molar-refractivity contribution in [3.05, 3.63) is 69.3 Å². The number of carbonyl (C=O) groups excluding carboxylic acids is 4. The molecule has 10 heteroatoms. The number of nitro groups is 1. The minimum atomic E-state index is -0.768. The Bertz CT molecular complexity index is 1050. The Labute approximate surface area is 164 Å². The average molecular weight is 396 g/mol. The molecule has 0 fully saturated rings. The molecule has 1 aliphatic heterocycles. The smallest absolute Gasteiger partial charge is 0.270 e. The number of anilines is 1. The summed E-state index contributed by atoms with van der Waals surface area (Å²) in [7, 11) is 3.24. The van der Waals surface area contributed by atoms with E-state index in [1.165, 1.54) is 23.1 Å². The molecule has 2 aromatic rings. The van der Waals surface area contributed by atoms with Gasteiger partial charge in [-0.1, -0.05) is 0 Å². The molecule has 1 aliphatic rings. The summed E-state index contributed by atoms with van der Waals surface area (Å²) in [5, 5.41) is 13.4. The molecule has 2 aromatic carbocycles. The second-order valence-corrected chi connectivity index (χ2v) is 6.51. The maximum Gasteiger partial charge on any atom is 0.270 e. The van der Waals surface area contributed by atoms with Crippen molar-refractivity contribution in [2.75, 3.05) is 26.0 Å². The van der Waals surface area contributed by atoms with E-state index in [-0.39, 0.29) is 22.7 Å². The molecule has 0 radical (unpaired) electrons. The van der Waals surface area contributed by atoms with Crippen molar-refractivity contribution in [2.24, 2.45) is 0 Å². The molecule has 4 amide bonds. The van der Waals surface area contributed by atoms with Crippen LogP contribution >= 0.6 is 0 Å². The van der Waals surface area contributed by atoms with Gasteiger partial charge in [-0.05, 0) is 30.3 Å².